The third-order valence-corrected chi connectivity index (χ3v) is 4.98. The zero-order valence-corrected chi connectivity index (χ0v) is 12.4. The molecule has 1 N–H and O–H groups in total. The van der Waals surface area contributed by atoms with Crippen molar-refractivity contribution in [1.82, 2.24) is 10.2 Å². The second-order valence-corrected chi connectivity index (χ2v) is 6.45. The van der Waals surface area contributed by atoms with Crippen LogP contribution in [0.15, 0.2) is 30.3 Å². The summed E-state index contributed by atoms with van der Waals surface area (Å²) in [7, 11) is 0. The van der Waals surface area contributed by atoms with E-state index in [2.05, 4.69) is 48.3 Å². The minimum Gasteiger partial charge on any atom is -0.339 e. The van der Waals surface area contributed by atoms with Gasteiger partial charge in [-0.1, -0.05) is 30.3 Å². The van der Waals surface area contributed by atoms with Crippen molar-refractivity contribution in [3.05, 3.63) is 35.9 Å². The quantitative estimate of drug-likeness (QED) is 0.896. The van der Waals surface area contributed by atoms with Gasteiger partial charge in [0.1, 0.15) is 0 Å². The molecule has 2 heterocycles. The van der Waals surface area contributed by atoms with Crippen LogP contribution in [0.5, 0.6) is 0 Å². The van der Waals surface area contributed by atoms with E-state index in [1.807, 2.05) is 6.07 Å². The molecule has 2 atom stereocenters. The number of benzene rings is 1. The van der Waals surface area contributed by atoms with Crippen molar-refractivity contribution in [1.29, 1.82) is 0 Å². The van der Waals surface area contributed by atoms with Gasteiger partial charge in [0.15, 0.2) is 0 Å². The second-order valence-electron chi connectivity index (χ2n) is 6.45. The molecule has 2 aliphatic heterocycles. The number of nitrogens with one attached hydrogen (secondary N) is 1. The maximum absolute atomic E-state index is 13.0. The summed E-state index contributed by atoms with van der Waals surface area (Å²) in [6, 6.07) is 10.9. The summed E-state index contributed by atoms with van der Waals surface area (Å²) in [5.41, 5.74) is 1.09. The molecule has 20 heavy (non-hydrogen) atoms. The predicted molar refractivity (Wildman–Crippen MR) is 80.6 cm³/mol. The molecule has 3 rings (SSSR count). The van der Waals surface area contributed by atoms with Crippen LogP contribution < -0.4 is 5.32 Å². The fourth-order valence-electron chi connectivity index (χ4n) is 3.85. The fourth-order valence-corrected chi connectivity index (χ4v) is 3.85. The predicted octanol–water partition coefficient (Wildman–Crippen LogP) is 2.39. The summed E-state index contributed by atoms with van der Waals surface area (Å²) in [5, 5.41) is 3.46. The Kier molecular flexibility index (Phi) is 3.55. The lowest BCUT2D eigenvalue weighted by molar-refractivity contribution is -0.138. The molecule has 108 valence electrons. The van der Waals surface area contributed by atoms with E-state index >= 15 is 0 Å². The number of carbonyl (C=O) groups excluding carboxylic acids is 1. The maximum atomic E-state index is 13.0. The second kappa shape index (κ2) is 5.21. The van der Waals surface area contributed by atoms with Crippen LogP contribution in [0.3, 0.4) is 0 Å². The van der Waals surface area contributed by atoms with Crippen LogP contribution in [0, 0.1) is 5.41 Å². The summed E-state index contributed by atoms with van der Waals surface area (Å²) in [6.45, 7) is 6.97. The van der Waals surface area contributed by atoms with E-state index in [0.717, 1.165) is 32.5 Å². The first-order valence-corrected chi connectivity index (χ1v) is 7.72. The molecule has 1 aromatic rings. The van der Waals surface area contributed by atoms with Crippen LogP contribution in [0.1, 0.15) is 38.2 Å². The van der Waals surface area contributed by atoms with Gasteiger partial charge >= 0.3 is 0 Å². The molecule has 2 fully saturated rings. The van der Waals surface area contributed by atoms with E-state index in [4.69, 9.17) is 0 Å². The number of carbonyl (C=O) groups is 1. The maximum Gasteiger partial charge on any atom is 0.231 e. The van der Waals surface area contributed by atoms with Crippen molar-refractivity contribution in [3.63, 3.8) is 0 Å². The topological polar surface area (TPSA) is 32.3 Å². The van der Waals surface area contributed by atoms with Gasteiger partial charge in [-0.2, -0.15) is 0 Å². The monoisotopic (exact) mass is 272 g/mol. The number of likely N-dealkylation sites (tertiary alicyclic amines) is 1. The Morgan fingerprint density at radius 2 is 2.05 bits per heavy atom. The van der Waals surface area contributed by atoms with Crippen LogP contribution in [-0.2, 0) is 4.79 Å². The Labute approximate surface area is 121 Å². The van der Waals surface area contributed by atoms with Crippen molar-refractivity contribution in [3.8, 4) is 0 Å². The van der Waals surface area contributed by atoms with E-state index in [-0.39, 0.29) is 11.5 Å². The molecular formula is C17H24N2O. The molecule has 0 aromatic heterocycles. The highest BCUT2D eigenvalue weighted by molar-refractivity contribution is 5.87. The van der Waals surface area contributed by atoms with Crippen molar-refractivity contribution >= 4 is 5.91 Å². The molecule has 0 aliphatic carbocycles. The Bertz CT molecular complexity index is 477. The van der Waals surface area contributed by atoms with Crippen molar-refractivity contribution in [2.24, 2.45) is 5.41 Å². The molecule has 0 bridgehead atoms. The first-order chi connectivity index (χ1) is 9.65. The van der Waals surface area contributed by atoms with Gasteiger partial charge in [-0.15, -0.1) is 0 Å². The van der Waals surface area contributed by atoms with Crippen LogP contribution >= 0.6 is 0 Å². The summed E-state index contributed by atoms with van der Waals surface area (Å²) in [4.78, 5) is 15.1. The minimum atomic E-state index is -0.218. The average Bonchev–Trinajstić information content (AvgIpc) is 2.75. The van der Waals surface area contributed by atoms with Gasteiger partial charge in [-0.05, 0) is 38.8 Å². The largest absolute Gasteiger partial charge is 0.339 e. The van der Waals surface area contributed by atoms with Gasteiger partial charge in [0, 0.05) is 25.0 Å². The highest BCUT2D eigenvalue weighted by Crippen LogP contribution is 2.48. The normalized spacial score (nSPS) is 30.4. The summed E-state index contributed by atoms with van der Waals surface area (Å²) in [6.07, 6.45) is 2.11. The molecule has 1 aromatic carbocycles. The molecular weight excluding hydrogens is 248 g/mol. The van der Waals surface area contributed by atoms with E-state index in [1.54, 1.807) is 0 Å². The molecule has 3 heteroatoms. The number of nitrogens with zero attached hydrogens (tertiary/aromatic N) is 1. The van der Waals surface area contributed by atoms with Gasteiger partial charge in [0.25, 0.3) is 0 Å². The van der Waals surface area contributed by atoms with E-state index < -0.39 is 0 Å². The zero-order chi connectivity index (χ0) is 14.2. The van der Waals surface area contributed by atoms with E-state index in [0.29, 0.717) is 11.8 Å². The standard InChI is InChI=1S/C17H24N2O/c1-13(2)19-11-15(14-7-4-3-5-8-14)17(16(19)20)9-6-10-18-12-17/h3-5,7-8,13,15,18H,6,9-12H2,1-2H3/t15-,17-/m0/s1. The lowest BCUT2D eigenvalue weighted by atomic mass is 9.69. The average molecular weight is 272 g/mol. The van der Waals surface area contributed by atoms with Crippen LogP contribution in [0.2, 0.25) is 0 Å². The SMILES string of the molecule is CC(C)N1C[C@@H](c2ccccc2)[C@@]2(CCCNC2)C1=O. The fraction of sp³-hybridized carbons (Fsp3) is 0.588. The molecule has 0 radical (unpaired) electrons. The highest BCUT2D eigenvalue weighted by atomic mass is 16.2. The lowest BCUT2D eigenvalue weighted by Crippen LogP contribution is -2.48. The Balaban J connectivity index is 2.00. The van der Waals surface area contributed by atoms with Crippen molar-refractivity contribution in [2.45, 2.75) is 38.6 Å². The highest BCUT2D eigenvalue weighted by Gasteiger charge is 2.54. The molecule has 2 aliphatic rings. The Hall–Kier alpha value is -1.35. The van der Waals surface area contributed by atoms with Crippen molar-refractivity contribution < 1.29 is 4.79 Å². The summed E-state index contributed by atoms with van der Waals surface area (Å²) < 4.78 is 0. The van der Waals surface area contributed by atoms with Gasteiger partial charge in [0.05, 0.1) is 5.41 Å². The number of piperidine rings is 1. The van der Waals surface area contributed by atoms with Crippen molar-refractivity contribution in [2.75, 3.05) is 19.6 Å². The Morgan fingerprint density at radius 3 is 2.65 bits per heavy atom. The van der Waals surface area contributed by atoms with Crippen LogP contribution in [0.4, 0.5) is 0 Å². The van der Waals surface area contributed by atoms with Gasteiger partial charge in [0.2, 0.25) is 5.91 Å². The number of rotatable bonds is 2. The van der Waals surface area contributed by atoms with Gasteiger partial charge in [-0.25, -0.2) is 0 Å². The minimum absolute atomic E-state index is 0.218. The third kappa shape index (κ3) is 2.05. The molecule has 2 saturated heterocycles. The molecule has 1 spiro atoms. The molecule has 3 nitrogen and oxygen atoms in total. The smallest absolute Gasteiger partial charge is 0.231 e. The number of amides is 1. The van der Waals surface area contributed by atoms with Crippen LogP contribution in [-0.4, -0.2) is 36.5 Å². The summed E-state index contributed by atoms with van der Waals surface area (Å²) in [5.74, 6) is 0.681. The Morgan fingerprint density at radius 1 is 1.30 bits per heavy atom. The summed E-state index contributed by atoms with van der Waals surface area (Å²) >= 11 is 0. The molecule has 0 unspecified atom stereocenters. The zero-order valence-electron chi connectivity index (χ0n) is 12.4. The third-order valence-electron chi connectivity index (χ3n) is 4.98. The first kappa shape index (κ1) is 13.6. The lowest BCUT2D eigenvalue weighted by Gasteiger charge is -2.37. The van der Waals surface area contributed by atoms with Crippen LogP contribution in [0.25, 0.3) is 0 Å². The van der Waals surface area contributed by atoms with E-state index in [9.17, 15) is 4.79 Å². The molecule has 0 saturated carbocycles. The van der Waals surface area contributed by atoms with E-state index in [1.165, 1.54) is 5.56 Å². The number of hydrogen-bond donors (Lipinski definition) is 1. The first-order valence-electron chi connectivity index (χ1n) is 7.72. The van der Waals surface area contributed by atoms with Gasteiger partial charge in [-0.3, -0.25) is 4.79 Å². The number of hydrogen-bond acceptors (Lipinski definition) is 2. The molecule has 1 amide bonds. The van der Waals surface area contributed by atoms with Gasteiger partial charge < -0.3 is 10.2 Å².